The number of nitrogens with zero attached hydrogens (tertiary/aromatic N) is 1. The third kappa shape index (κ3) is 2.14. The highest BCUT2D eigenvalue weighted by molar-refractivity contribution is 7.12. The Morgan fingerprint density at radius 1 is 1.25 bits per heavy atom. The minimum Gasteiger partial charge on any atom is -0.478 e. The van der Waals surface area contributed by atoms with Crippen molar-refractivity contribution in [2.75, 3.05) is 11.4 Å². The van der Waals surface area contributed by atoms with Gasteiger partial charge in [0.15, 0.2) is 0 Å². The number of carbonyl (C=O) groups is 2. The van der Waals surface area contributed by atoms with Gasteiger partial charge in [-0.3, -0.25) is 9.69 Å². The van der Waals surface area contributed by atoms with E-state index >= 15 is 0 Å². The molecule has 1 unspecified atom stereocenters. The van der Waals surface area contributed by atoms with Gasteiger partial charge in [0.25, 0.3) is 5.91 Å². The second-order valence-electron chi connectivity index (χ2n) is 4.31. The van der Waals surface area contributed by atoms with Gasteiger partial charge in [-0.15, -0.1) is 11.3 Å². The minimum absolute atomic E-state index is 0.00306. The quantitative estimate of drug-likeness (QED) is 0.920. The highest BCUT2D eigenvalue weighted by Crippen LogP contribution is 2.34. The minimum atomic E-state index is -1.08. The van der Waals surface area contributed by atoms with E-state index in [9.17, 15) is 9.59 Å². The summed E-state index contributed by atoms with van der Waals surface area (Å²) in [6.45, 7) is 0.00306. The molecule has 6 heteroatoms. The number of para-hydroxylation sites is 2. The van der Waals surface area contributed by atoms with Crippen LogP contribution in [0.4, 0.5) is 5.69 Å². The number of fused-ring (bicyclic) bond motifs is 1. The zero-order chi connectivity index (χ0) is 14.1. The monoisotopic (exact) mass is 289 g/mol. The summed E-state index contributed by atoms with van der Waals surface area (Å²) in [7, 11) is 0. The Morgan fingerprint density at radius 3 is 2.75 bits per heavy atom. The lowest BCUT2D eigenvalue weighted by Crippen LogP contribution is -2.46. The standard InChI is InChI=1S/C14H11NO4S/c16-13(12-6-3-7-20-12)15-8-11(14(17)18)19-10-5-2-1-4-9(10)15/h1-7,11H,8H2,(H,17,18). The maximum absolute atomic E-state index is 12.5. The van der Waals surface area contributed by atoms with Gasteiger partial charge in [0.1, 0.15) is 5.75 Å². The Morgan fingerprint density at radius 2 is 2.05 bits per heavy atom. The van der Waals surface area contributed by atoms with Crippen LogP contribution >= 0.6 is 11.3 Å². The van der Waals surface area contributed by atoms with Gasteiger partial charge in [0.05, 0.1) is 17.1 Å². The predicted octanol–water partition coefficient (Wildman–Crippen LogP) is 2.24. The second-order valence-corrected chi connectivity index (χ2v) is 5.25. The van der Waals surface area contributed by atoms with E-state index in [1.54, 1.807) is 36.4 Å². The van der Waals surface area contributed by atoms with Gasteiger partial charge in [-0.1, -0.05) is 18.2 Å². The van der Waals surface area contributed by atoms with E-state index in [1.165, 1.54) is 16.2 Å². The average molecular weight is 289 g/mol. The van der Waals surface area contributed by atoms with Crippen LogP contribution in [0.5, 0.6) is 5.75 Å². The SMILES string of the molecule is O=C(O)C1CN(C(=O)c2cccs2)c2ccccc2O1. The van der Waals surface area contributed by atoms with Crippen molar-refractivity contribution in [3.05, 3.63) is 46.7 Å². The first-order valence-electron chi connectivity index (χ1n) is 6.00. The summed E-state index contributed by atoms with van der Waals surface area (Å²) in [5.41, 5.74) is 0.600. The average Bonchev–Trinajstić information content (AvgIpc) is 2.99. The fourth-order valence-electron chi connectivity index (χ4n) is 2.09. The molecule has 1 aromatic heterocycles. The molecule has 0 aliphatic carbocycles. The predicted molar refractivity (Wildman–Crippen MR) is 74.5 cm³/mol. The van der Waals surface area contributed by atoms with E-state index in [2.05, 4.69) is 0 Å². The first-order chi connectivity index (χ1) is 9.66. The molecule has 102 valence electrons. The number of benzene rings is 1. The first-order valence-corrected chi connectivity index (χ1v) is 6.88. The van der Waals surface area contributed by atoms with Gasteiger partial charge in [-0.05, 0) is 23.6 Å². The zero-order valence-corrected chi connectivity index (χ0v) is 11.2. The summed E-state index contributed by atoms with van der Waals surface area (Å²) in [4.78, 5) is 25.7. The van der Waals surface area contributed by atoms with Crippen molar-refractivity contribution in [3.8, 4) is 5.75 Å². The lowest BCUT2D eigenvalue weighted by molar-refractivity contribution is -0.144. The smallest absolute Gasteiger partial charge is 0.346 e. The first kappa shape index (κ1) is 12.7. The molecule has 1 atom stereocenters. The summed E-state index contributed by atoms with van der Waals surface area (Å²) in [6, 6.07) is 10.5. The largest absolute Gasteiger partial charge is 0.478 e. The molecule has 20 heavy (non-hydrogen) atoms. The van der Waals surface area contributed by atoms with Crippen molar-refractivity contribution in [1.82, 2.24) is 0 Å². The summed E-state index contributed by atoms with van der Waals surface area (Å²) in [5.74, 6) is -0.874. The molecule has 3 rings (SSSR count). The van der Waals surface area contributed by atoms with Gasteiger partial charge >= 0.3 is 5.97 Å². The molecule has 0 radical (unpaired) electrons. The number of carboxylic acid groups (broad SMARTS) is 1. The van der Waals surface area contributed by atoms with Crippen LogP contribution in [0.1, 0.15) is 9.67 Å². The van der Waals surface area contributed by atoms with Crippen molar-refractivity contribution in [1.29, 1.82) is 0 Å². The van der Waals surface area contributed by atoms with Crippen LogP contribution in [0.3, 0.4) is 0 Å². The number of rotatable bonds is 2. The van der Waals surface area contributed by atoms with Crippen LogP contribution in [0.2, 0.25) is 0 Å². The Balaban J connectivity index is 2.01. The molecule has 1 aromatic carbocycles. The van der Waals surface area contributed by atoms with E-state index in [-0.39, 0.29) is 12.5 Å². The highest BCUT2D eigenvalue weighted by atomic mass is 32.1. The molecule has 0 saturated heterocycles. The van der Waals surface area contributed by atoms with E-state index in [1.807, 2.05) is 5.38 Å². The van der Waals surface area contributed by atoms with Crippen LogP contribution in [0, 0.1) is 0 Å². The van der Waals surface area contributed by atoms with Crippen LogP contribution in [-0.2, 0) is 4.79 Å². The van der Waals surface area contributed by atoms with Crippen LogP contribution in [-0.4, -0.2) is 29.6 Å². The molecule has 1 aliphatic heterocycles. The molecule has 0 fully saturated rings. The van der Waals surface area contributed by atoms with Gasteiger partial charge in [0.2, 0.25) is 6.10 Å². The summed E-state index contributed by atoms with van der Waals surface area (Å²) >= 11 is 1.33. The summed E-state index contributed by atoms with van der Waals surface area (Å²) < 4.78 is 5.40. The van der Waals surface area contributed by atoms with E-state index < -0.39 is 12.1 Å². The molecular weight excluding hydrogens is 278 g/mol. The fourth-order valence-corrected chi connectivity index (χ4v) is 2.76. The topological polar surface area (TPSA) is 66.8 Å². The molecule has 1 amide bonds. The molecule has 0 spiro atoms. The van der Waals surface area contributed by atoms with E-state index in [0.29, 0.717) is 16.3 Å². The van der Waals surface area contributed by atoms with Crippen molar-refractivity contribution in [2.45, 2.75) is 6.10 Å². The van der Waals surface area contributed by atoms with Crippen molar-refractivity contribution in [2.24, 2.45) is 0 Å². The number of thiophene rings is 1. The van der Waals surface area contributed by atoms with Crippen LogP contribution < -0.4 is 9.64 Å². The molecule has 2 aromatic rings. The molecule has 5 nitrogen and oxygen atoms in total. The Hall–Kier alpha value is -2.34. The summed E-state index contributed by atoms with van der Waals surface area (Å²) in [5, 5.41) is 10.9. The molecule has 1 N–H and O–H groups in total. The Labute approximate surface area is 119 Å². The van der Waals surface area contributed by atoms with E-state index in [4.69, 9.17) is 9.84 Å². The summed E-state index contributed by atoms with van der Waals surface area (Å²) in [6.07, 6.45) is -1.05. The number of amides is 1. The van der Waals surface area contributed by atoms with Gasteiger partial charge in [-0.2, -0.15) is 0 Å². The number of ether oxygens (including phenoxy) is 1. The molecular formula is C14H11NO4S. The molecule has 0 bridgehead atoms. The van der Waals surface area contributed by atoms with Gasteiger partial charge < -0.3 is 9.84 Å². The van der Waals surface area contributed by atoms with Crippen LogP contribution in [0.25, 0.3) is 0 Å². The molecule has 2 heterocycles. The number of hydrogen-bond acceptors (Lipinski definition) is 4. The van der Waals surface area contributed by atoms with Crippen LogP contribution in [0.15, 0.2) is 41.8 Å². The number of carbonyl (C=O) groups excluding carboxylic acids is 1. The third-order valence-corrected chi connectivity index (χ3v) is 3.88. The highest BCUT2D eigenvalue weighted by Gasteiger charge is 2.34. The normalized spacial score (nSPS) is 17.2. The molecule has 1 aliphatic rings. The van der Waals surface area contributed by atoms with Crippen molar-refractivity contribution in [3.63, 3.8) is 0 Å². The maximum Gasteiger partial charge on any atom is 0.346 e. The lowest BCUT2D eigenvalue weighted by atomic mass is 10.1. The Kier molecular flexibility index (Phi) is 3.15. The molecule has 0 saturated carbocycles. The number of hydrogen-bond donors (Lipinski definition) is 1. The van der Waals surface area contributed by atoms with Gasteiger partial charge in [-0.25, -0.2) is 4.79 Å². The van der Waals surface area contributed by atoms with Crippen molar-refractivity contribution < 1.29 is 19.4 Å². The van der Waals surface area contributed by atoms with Crippen molar-refractivity contribution >= 4 is 28.9 Å². The number of anilines is 1. The fraction of sp³-hybridized carbons (Fsp3) is 0.143. The third-order valence-electron chi connectivity index (χ3n) is 3.03. The maximum atomic E-state index is 12.5. The van der Waals surface area contributed by atoms with Gasteiger partial charge in [0, 0.05) is 0 Å². The number of aliphatic carboxylic acids is 1. The van der Waals surface area contributed by atoms with E-state index in [0.717, 1.165) is 0 Å². The lowest BCUT2D eigenvalue weighted by Gasteiger charge is -2.32. The Bertz CT molecular complexity index is 653. The second kappa shape index (κ2) is 4.97. The number of carboxylic acids is 1. The zero-order valence-electron chi connectivity index (χ0n) is 10.4.